The second-order valence-corrected chi connectivity index (χ2v) is 4.61. The van der Waals surface area contributed by atoms with Gasteiger partial charge in [-0.05, 0) is 18.6 Å². The maximum Gasteiger partial charge on any atom is 0.0507 e. The molecule has 0 spiro atoms. The van der Waals surface area contributed by atoms with E-state index < -0.39 is 0 Å². The third-order valence-corrected chi connectivity index (χ3v) is 3.11. The van der Waals surface area contributed by atoms with Gasteiger partial charge in [-0.3, -0.25) is 0 Å². The Balaban J connectivity index is 3.04. The van der Waals surface area contributed by atoms with Crippen LogP contribution in [0.5, 0.6) is 0 Å². The molecule has 0 aliphatic carbocycles. The van der Waals surface area contributed by atoms with Crippen molar-refractivity contribution >= 4 is 11.8 Å². The van der Waals surface area contributed by atoms with Crippen LogP contribution in [-0.4, -0.2) is 11.1 Å². The van der Waals surface area contributed by atoms with Crippen LogP contribution in [0.3, 0.4) is 0 Å². The Labute approximate surface area is 81.5 Å². The van der Waals surface area contributed by atoms with Gasteiger partial charge in [0.15, 0.2) is 0 Å². The van der Waals surface area contributed by atoms with Gasteiger partial charge in [-0.1, -0.05) is 39.5 Å². The minimum absolute atomic E-state index is 0.392. The van der Waals surface area contributed by atoms with Gasteiger partial charge in [-0.25, -0.2) is 0 Å². The van der Waals surface area contributed by atoms with Crippen molar-refractivity contribution in [3.05, 3.63) is 0 Å². The third kappa shape index (κ3) is 8.41. The van der Waals surface area contributed by atoms with Crippen molar-refractivity contribution in [2.75, 3.05) is 5.75 Å². The van der Waals surface area contributed by atoms with E-state index in [-0.39, 0.29) is 0 Å². The lowest BCUT2D eigenvalue weighted by atomic mass is 10.2. The first-order valence-electron chi connectivity index (χ1n) is 5.18. The highest BCUT2D eigenvalue weighted by atomic mass is 32.2. The van der Waals surface area contributed by atoms with E-state index in [1.165, 1.54) is 44.3 Å². The van der Waals surface area contributed by atoms with Gasteiger partial charge in [0.05, 0.1) is 5.37 Å². The lowest BCUT2D eigenvalue weighted by Crippen LogP contribution is -2.15. The topological polar surface area (TPSA) is 26.0 Å². The van der Waals surface area contributed by atoms with Crippen LogP contribution in [0.2, 0.25) is 0 Å². The van der Waals surface area contributed by atoms with Crippen LogP contribution in [-0.2, 0) is 0 Å². The normalized spacial score (nSPS) is 13.2. The molecule has 0 aromatic carbocycles. The SMILES string of the molecule is CCCCCC(N)SCCCC. The standard InChI is InChI=1S/C10H23NS/c1-3-5-7-8-10(11)12-9-6-4-2/h10H,3-9,11H2,1-2H3. The second-order valence-electron chi connectivity index (χ2n) is 3.26. The van der Waals surface area contributed by atoms with Gasteiger partial charge in [-0.2, -0.15) is 0 Å². The van der Waals surface area contributed by atoms with Crippen LogP contribution < -0.4 is 5.73 Å². The van der Waals surface area contributed by atoms with E-state index in [2.05, 4.69) is 13.8 Å². The molecule has 0 heterocycles. The van der Waals surface area contributed by atoms with Gasteiger partial charge >= 0.3 is 0 Å². The number of nitrogens with two attached hydrogens (primary N) is 1. The second kappa shape index (κ2) is 9.40. The van der Waals surface area contributed by atoms with E-state index in [0.29, 0.717) is 5.37 Å². The van der Waals surface area contributed by atoms with Gasteiger partial charge in [-0.15, -0.1) is 11.8 Å². The summed E-state index contributed by atoms with van der Waals surface area (Å²) >= 11 is 1.93. The number of thioether (sulfide) groups is 1. The Hall–Kier alpha value is 0.310. The minimum atomic E-state index is 0.392. The number of unbranched alkanes of at least 4 members (excludes halogenated alkanes) is 3. The van der Waals surface area contributed by atoms with Crippen molar-refractivity contribution in [2.24, 2.45) is 5.73 Å². The fourth-order valence-electron chi connectivity index (χ4n) is 1.06. The van der Waals surface area contributed by atoms with Crippen LogP contribution in [0.1, 0.15) is 52.4 Å². The molecule has 12 heavy (non-hydrogen) atoms. The summed E-state index contributed by atoms with van der Waals surface area (Å²) in [5, 5.41) is 0.392. The van der Waals surface area contributed by atoms with Gasteiger partial charge in [0, 0.05) is 0 Å². The van der Waals surface area contributed by atoms with Crippen LogP contribution in [0.4, 0.5) is 0 Å². The zero-order valence-corrected chi connectivity index (χ0v) is 9.33. The monoisotopic (exact) mass is 189 g/mol. The summed E-state index contributed by atoms with van der Waals surface area (Å²) < 4.78 is 0. The predicted molar refractivity (Wildman–Crippen MR) is 59.5 cm³/mol. The van der Waals surface area contributed by atoms with Crippen molar-refractivity contribution in [2.45, 2.75) is 57.7 Å². The molecule has 0 rings (SSSR count). The third-order valence-electron chi connectivity index (χ3n) is 1.92. The highest BCUT2D eigenvalue weighted by Crippen LogP contribution is 2.14. The summed E-state index contributed by atoms with van der Waals surface area (Å²) in [6.45, 7) is 4.46. The number of hydrogen-bond acceptors (Lipinski definition) is 2. The molecular weight excluding hydrogens is 166 g/mol. The van der Waals surface area contributed by atoms with Crippen LogP contribution in [0.25, 0.3) is 0 Å². The molecule has 0 aliphatic heterocycles. The fourth-order valence-corrected chi connectivity index (χ4v) is 2.15. The van der Waals surface area contributed by atoms with Crippen molar-refractivity contribution in [1.29, 1.82) is 0 Å². The molecule has 0 saturated heterocycles. The summed E-state index contributed by atoms with van der Waals surface area (Å²) in [5.74, 6) is 1.24. The average molecular weight is 189 g/mol. The predicted octanol–water partition coefficient (Wildman–Crippen LogP) is 3.38. The zero-order chi connectivity index (χ0) is 9.23. The van der Waals surface area contributed by atoms with Crippen molar-refractivity contribution < 1.29 is 0 Å². The van der Waals surface area contributed by atoms with E-state index in [0.717, 1.165) is 0 Å². The molecule has 0 radical (unpaired) electrons. The molecule has 2 N–H and O–H groups in total. The van der Waals surface area contributed by atoms with E-state index in [9.17, 15) is 0 Å². The first kappa shape index (κ1) is 12.3. The van der Waals surface area contributed by atoms with Gasteiger partial charge < -0.3 is 5.73 Å². The van der Waals surface area contributed by atoms with Gasteiger partial charge in [0.2, 0.25) is 0 Å². The number of rotatable bonds is 8. The summed E-state index contributed by atoms with van der Waals surface area (Å²) in [6.07, 6.45) is 7.73. The Morgan fingerprint density at radius 3 is 2.33 bits per heavy atom. The van der Waals surface area contributed by atoms with Crippen molar-refractivity contribution in [3.8, 4) is 0 Å². The first-order chi connectivity index (χ1) is 5.81. The summed E-state index contributed by atoms with van der Waals surface area (Å²) in [6, 6.07) is 0. The molecule has 0 saturated carbocycles. The molecule has 0 fully saturated rings. The van der Waals surface area contributed by atoms with Crippen LogP contribution >= 0.6 is 11.8 Å². The smallest absolute Gasteiger partial charge is 0.0507 e. The summed E-state index contributed by atoms with van der Waals surface area (Å²) in [4.78, 5) is 0. The molecule has 0 aliphatic rings. The molecule has 2 heteroatoms. The molecule has 1 nitrogen and oxygen atoms in total. The lowest BCUT2D eigenvalue weighted by Gasteiger charge is -2.09. The molecule has 1 atom stereocenters. The van der Waals surface area contributed by atoms with Gasteiger partial charge in [0.25, 0.3) is 0 Å². The van der Waals surface area contributed by atoms with E-state index in [4.69, 9.17) is 5.73 Å². The number of hydrogen-bond donors (Lipinski definition) is 1. The van der Waals surface area contributed by atoms with Crippen LogP contribution in [0, 0.1) is 0 Å². The Morgan fingerprint density at radius 1 is 1.08 bits per heavy atom. The van der Waals surface area contributed by atoms with Crippen LogP contribution in [0.15, 0.2) is 0 Å². The minimum Gasteiger partial charge on any atom is -0.319 e. The Kier molecular flexibility index (Phi) is 9.64. The van der Waals surface area contributed by atoms with E-state index >= 15 is 0 Å². The summed E-state index contributed by atoms with van der Waals surface area (Å²) in [7, 11) is 0. The molecule has 1 unspecified atom stereocenters. The van der Waals surface area contributed by atoms with E-state index in [1.54, 1.807) is 0 Å². The molecule has 0 aromatic rings. The molecular formula is C10H23NS. The van der Waals surface area contributed by atoms with E-state index in [1.807, 2.05) is 11.8 Å². The summed E-state index contributed by atoms with van der Waals surface area (Å²) in [5.41, 5.74) is 5.92. The van der Waals surface area contributed by atoms with Crippen molar-refractivity contribution in [3.63, 3.8) is 0 Å². The van der Waals surface area contributed by atoms with Gasteiger partial charge in [0.1, 0.15) is 0 Å². The average Bonchev–Trinajstić information content (AvgIpc) is 2.06. The molecule has 0 bridgehead atoms. The highest BCUT2D eigenvalue weighted by molar-refractivity contribution is 7.99. The quantitative estimate of drug-likeness (QED) is 0.468. The Bertz CT molecular complexity index is 75.9. The first-order valence-corrected chi connectivity index (χ1v) is 6.23. The van der Waals surface area contributed by atoms with Crippen molar-refractivity contribution in [1.82, 2.24) is 0 Å². The molecule has 74 valence electrons. The largest absolute Gasteiger partial charge is 0.319 e. The zero-order valence-electron chi connectivity index (χ0n) is 8.51. The molecule has 0 aromatic heterocycles. The Morgan fingerprint density at radius 2 is 1.75 bits per heavy atom. The maximum atomic E-state index is 5.92. The highest BCUT2D eigenvalue weighted by Gasteiger charge is 2.00. The fraction of sp³-hybridized carbons (Fsp3) is 1.00. The maximum absolute atomic E-state index is 5.92. The molecule has 0 amide bonds. The lowest BCUT2D eigenvalue weighted by molar-refractivity contribution is 0.654.